The molecule has 1 aromatic carbocycles. The molecule has 1 aromatic heterocycles. The molecule has 0 aliphatic carbocycles. The maximum atomic E-state index is 4.44. The van der Waals surface area contributed by atoms with E-state index in [1.165, 1.54) is 9.13 Å². The van der Waals surface area contributed by atoms with Gasteiger partial charge in [-0.15, -0.1) is 0 Å². The Balaban J connectivity index is 2.42. The van der Waals surface area contributed by atoms with Crippen LogP contribution in [0.1, 0.15) is 5.56 Å². The van der Waals surface area contributed by atoms with Gasteiger partial charge in [-0.05, 0) is 47.7 Å². The molecule has 0 amide bonds. The molecule has 2 aromatic rings. The smallest absolute Gasteiger partial charge is 0.136 e. The van der Waals surface area contributed by atoms with E-state index in [9.17, 15) is 0 Å². The van der Waals surface area contributed by atoms with Crippen LogP contribution in [0.15, 0.2) is 42.6 Å². The second-order valence-electron chi connectivity index (χ2n) is 3.64. The highest BCUT2D eigenvalue weighted by atomic mass is 127. The normalized spacial score (nSPS) is 10.2. The van der Waals surface area contributed by atoms with Gasteiger partial charge in [-0.3, -0.25) is 0 Å². The van der Waals surface area contributed by atoms with Gasteiger partial charge in [0.05, 0.1) is 0 Å². The molecular formula is C13H13IN2. The van der Waals surface area contributed by atoms with Crippen LogP contribution in [-0.2, 0) is 0 Å². The fourth-order valence-electron chi connectivity index (χ4n) is 1.61. The van der Waals surface area contributed by atoms with Crippen molar-refractivity contribution in [2.45, 2.75) is 6.92 Å². The Kier molecular flexibility index (Phi) is 3.43. The van der Waals surface area contributed by atoms with Crippen LogP contribution in [0.4, 0.5) is 11.5 Å². The molecule has 0 fully saturated rings. The zero-order chi connectivity index (χ0) is 11.5. The fourth-order valence-corrected chi connectivity index (χ4v) is 2.02. The van der Waals surface area contributed by atoms with E-state index < -0.39 is 0 Å². The Bertz CT molecular complexity index is 483. The van der Waals surface area contributed by atoms with Crippen molar-refractivity contribution in [3.8, 4) is 0 Å². The maximum Gasteiger partial charge on any atom is 0.136 e. The average molecular weight is 324 g/mol. The largest absolute Gasteiger partial charge is 0.329 e. The molecule has 82 valence electrons. The molecule has 0 aliphatic rings. The van der Waals surface area contributed by atoms with Crippen molar-refractivity contribution >= 4 is 34.1 Å². The number of nitrogens with zero attached hydrogens (tertiary/aromatic N) is 2. The van der Waals surface area contributed by atoms with Crippen molar-refractivity contribution in [1.29, 1.82) is 0 Å². The molecule has 16 heavy (non-hydrogen) atoms. The molecule has 2 rings (SSSR count). The van der Waals surface area contributed by atoms with Crippen molar-refractivity contribution in [1.82, 2.24) is 4.98 Å². The first-order chi connectivity index (χ1) is 7.70. The van der Waals surface area contributed by atoms with Gasteiger partial charge in [0.25, 0.3) is 0 Å². The summed E-state index contributed by atoms with van der Waals surface area (Å²) in [5.74, 6) is 1.01. The summed E-state index contributed by atoms with van der Waals surface area (Å²) in [7, 11) is 2.04. The zero-order valence-electron chi connectivity index (χ0n) is 9.31. The Hall–Kier alpha value is -1.10. The molecule has 0 N–H and O–H groups in total. The van der Waals surface area contributed by atoms with Gasteiger partial charge < -0.3 is 4.90 Å². The summed E-state index contributed by atoms with van der Waals surface area (Å²) in [5, 5.41) is 0. The zero-order valence-corrected chi connectivity index (χ0v) is 11.5. The third-order valence-electron chi connectivity index (χ3n) is 2.57. The van der Waals surface area contributed by atoms with E-state index in [0.29, 0.717) is 0 Å². The Morgan fingerprint density at radius 3 is 2.50 bits per heavy atom. The molecule has 1 heterocycles. The molecule has 0 bridgehead atoms. The van der Waals surface area contributed by atoms with Crippen LogP contribution in [0.5, 0.6) is 0 Å². The quantitative estimate of drug-likeness (QED) is 0.782. The van der Waals surface area contributed by atoms with Crippen LogP contribution in [0, 0.1) is 10.5 Å². The van der Waals surface area contributed by atoms with Crippen LogP contribution in [-0.4, -0.2) is 12.0 Å². The molecule has 0 atom stereocenters. The van der Waals surface area contributed by atoms with Crippen LogP contribution < -0.4 is 4.90 Å². The lowest BCUT2D eigenvalue weighted by atomic mass is 10.2. The second kappa shape index (κ2) is 4.82. The molecule has 0 spiro atoms. The number of hydrogen-bond acceptors (Lipinski definition) is 2. The van der Waals surface area contributed by atoms with Gasteiger partial charge in [0.15, 0.2) is 0 Å². The number of rotatable bonds is 2. The highest BCUT2D eigenvalue weighted by Gasteiger charge is 2.09. The van der Waals surface area contributed by atoms with Gasteiger partial charge in [-0.25, -0.2) is 4.98 Å². The van der Waals surface area contributed by atoms with E-state index in [2.05, 4.69) is 51.5 Å². The molecular weight excluding hydrogens is 311 g/mol. The SMILES string of the molecule is Cc1c(I)ccnc1N(C)c1ccccc1. The number of pyridine rings is 1. The summed E-state index contributed by atoms with van der Waals surface area (Å²) in [6, 6.07) is 12.3. The van der Waals surface area contributed by atoms with Gasteiger partial charge in [0, 0.05) is 28.1 Å². The van der Waals surface area contributed by atoms with Gasteiger partial charge in [0.2, 0.25) is 0 Å². The average Bonchev–Trinajstić information content (AvgIpc) is 2.33. The van der Waals surface area contributed by atoms with E-state index in [4.69, 9.17) is 0 Å². The van der Waals surface area contributed by atoms with Crippen LogP contribution in [0.2, 0.25) is 0 Å². The first-order valence-electron chi connectivity index (χ1n) is 5.10. The summed E-state index contributed by atoms with van der Waals surface area (Å²) < 4.78 is 1.24. The van der Waals surface area contributed by atoms with Gasteiger partial charge in [-0.1, -0.05) is 18.2 Å². The predicted octanol–water partition coefficient (Wildman–Crippen LogP) is 3.76. The van der Waals surface area contributed by atoms with E-state index in [1.807, 2.05) is 37.5 Å². The van der Waals surface area contributed by atoms with Gasteiger partial charge in [0.1, 0.15) is 5.82 Å². The topological polar surface area (TPSA) is 16.1 Å². The highest BCUT2D eigenvalue weighted by molar-refractivity contribution is 14.1. The second-order valence-corrected chi connectivity index (χ2v) is 4.80. The Labute approximate surface area is 109 Å². The predicted molar refractivity (Wildman–Crippen MR) is 76.2 cm³/mol. The minimum absolute atomic E-state index is 1.01. The first-order valence-corrected chi connectivity index (χ1v) is 6.18. The number of para-hydroxylation sites is 1. The van der Waals surface area contributed by atoms with E-state index in [-0.39, 0.29) is 0 Å². The number of aromatic nitrogens is 1. The van der Waals surface area contributed by atoms with Crippen molar-refractivity contribution in [3.05, 3.63) is 51.7 Å². The molecule has 0 saturated heterocycles. The van der Waals surface area contributed by atoms with Crippen molar-refractivity contribution in [2.75, 3.05) is 11.9 Å². The van der Waals surface area contributed by atoms with E-state index >= 15 is 0 Å². The van der Waals surface area contributed by atoms with Crippen LogP contribution >= 0.6 is 22.6 Å². The fraction of sp³-hybridized carbons (Fsp3) is 0.154. The Morgan fingerprint density at radius 1 is 1.12 bits per heavy atom. The Morgan fingerprint density at radius 2 is 1.81 bits per heavy atom. The third-order valence-corrected chi connectivity index (χ3v) is 3.74. The molecule has 0 radical (unpaired) electrons. The molecule has 0 aliphatic heterocycles. The molecule has 0 unspecified atom stereocenters. The highest BCUT2D eigenvalue weighted by Crippen LogP contribution is 2.26. The molecule has 2 nitrogen and oxygen atoms in total. The summed E-state index contributed by atoms with van der Waals surface area (Å²) in [6.07, 6.45) is 1.85. The van der Waals surface area contributed by atoms with Crippen LogP contribution in [0.3, 0.4) is 0 Å². The standard InChI is InChI=1S/C13H13IN2/c1-10-12(14)8-9-15-13(10)16(2)11-6-4-3-5-7-11/h3-9H,1-2H3. The maximum absolute atomic E-state index is 4.44. The molecule has 0 saturated carbocycles. The molecule has 3 heteroatoms. The number of anilines is 2. The summed E-state index contributed by atoms with van der Waals surface area (Å²) in [5.41, 5.74) is 2.37. The van der Waals surface area contributed by atoms with Crippen LogP contribution in [0.25, 0.3) is 0 Å². The van der Waals surface area contributed by atoms with Crippen molar-refractivity contribution < 1.29 is 0 Å². The van der Waals surface area contributed by atoms with Gasteiger partial charge >= 0.3 is 0 Å². The third kappa shape index (κ3) is 2.19. The lowest BCUT2D eigenvalue weighted by Crippen LogP contribution is -2.12. The van der Waals surface area contributed by atoms with E-state index in [0.717, 1.165) is 11.5 Å². The lowest BCUT2D eigenvalue weighted by Gasteiger charge is -2.20. The van der Waals surface area contributed by atoms with Crippen molar-refractivity contribution in [3.63, 3.8) is 0 Å². The number of hydrogen-bond donors (Lipinski definition) is 0. The summed E-state index contributed by atoms with van der Waals surface area (Å²) >= 11 is 2.34. The first kappa shape index (κ1) is 11.4. The van der Waals surface area contributed by atoms with Crippen molar-refractivity contribution in [2.24, 2.45) is 0 Å². The van der Waals surface area contributed by atoms with E-state index in [1.54, 1.807) is 0 Å². The summed E-state index contributed by atoms with van der Waals surface area (Å²) in [6.45, 7) is 2.10. The minimum Gasteiger partial charge on any atom is -0.329 e. The monoisotopic (exact) mass is 324 g/mol. The minimum atomic E-state index is 1.01. The lowest BCUT2D eigenvalue weighted by molar-refractivity contribution is 1.10. The van der Waals surface area contributed by atoms with Gasteiger partial charge in [-0.2, -0.15) is 0 Å². The number of benzene rings is 1. The number of halogens is 1. The summed E-state index contributed by atoms with van der Waals surface area (Å²) in [4.78, 5) is 6.55.